The van der Waals surface area contributed by atoms with E-state index in [2.05, 4.69) is 15.5 Å². The molecule has 0 atom stereocenters. The molecule has 0 saturated carbocycles. The quantitative estimate of drug-likeness (QED) is 0.844. The van der Waals surface area contributed by atoms with E-state index >= 15 is 0 Å². The van der Waals surface area contributed by atoms with Crippen molar-refractivity contribution in [3.8, 4) is 0 Å². The number of nitrogens with two attached hydrogens (primary N) is 1. The van der Waals surface area contributed by atoms with Crippen LogP contribution in [0.1, 0.15) is 46.4 Å². The summed E-state index contributed by atoms with van der Waals surface area (Å²) in [5, 5.41) is 9.34. The van der Waals surface area contributed by atoms with Gasteiger partial charge in [-0.1, -0.05) is 19.0 Å². The van der Waals surface area contributed by atoms with Crippen molar-refractivity contribution in [1.29, 1.82) is 0 Å². The number of nitrogens with zero attached hydrogens (tertiary/aromatic N) is 2. The maximum atomic E-state index is 12.0. The summed E-state index contributed by atoms with van der Waals surface area (Å²) in [5.74, 6) is 0.620. The minimum atomic E-state index is -0.203. The Morgan fingerprint density at radius 2 is 2.25 bits per heavy atom. The van der Waals surface area contributed by atoms with E-state index < -0.39 is 0 Å². The highest BCUT2D eigenvalue weighted by molar-refractivity contribution is 7.09. The molecule has 0 bridgehead atoms. The first kappa shape index (κ1) is 14.7. The van der Waals surface area contributed by atoms with Gasteiger partial charge in [0.25, 0.3) is 5.91 Å². The zero-order valence-corrected chi connectivity index (χ0v) is 12.4. The third kappa shape index (κ3) is 3.05. The summed E-state index contributed by atoms with van der Waals surface area (Å²) in [7, 11) is 0. The summed E-state index contributed by atoms with van der Waals surface area (Å²) in [4.78, 5) is 16.2. The summed E-state index contributed by atoms with van der Waals surface area (Å²) >= 11 is 1.39. The standard InChI is InChI=1S/C13H18N4O2S/c1-3-9-8(11(4-2)19-17-9)6-15-13(18)10-7-20-12(5-14)16-10/h7H,3-6,14H2,1-2H3,(H,15,18). The van der Waals surface area contributed by atoms with Gasteiger partial charge in [0.2, 0.25) is 0 Å². The van der Waals surface area contributed by atoms with Crippen molar-refractivity contribution in [2.45, 2.75) is 39.8 Å². The number of hydrogen-bond donors (Lipinski definition) is 2. The van der Waals surface area contributed by atoms with Crippen molar-refractivity contribution in [1.82, 2.24) is 15.5 Å². The third-order valence-corrected chi connectivity index (χ3v) is 3.86. The summed E-state index contributed by atoms with van der Waals surface area (Å²) in [5.41, 5.74) is 7.75. The second kappa shape index (κ2) is 6.62. The fourth-order valence-corrected chi connectivity index (χ4v) is 2.56. The van der Waals surface area contributed by atoms with E-state index in [1.165, 1.54) is 11.3 Å². The monoisotopic (exact) mass is 294 g/mol. The number of rotatable bonds is 6. The molecular weight excluding hydrogens is 276 g/mol. The van der Waals surface area contributed by atoms with Crippen molar-refractivity contribution in [2.75, 3.05) is 0 Å². The van der Waals surface area contributed by atoms with Crippen molar-refractivity contribution in [3.05, 3.63) is 33.1 Å². The first-order valence-corrected chi connectivity index (χ1v) is 7.46. The van der Waals surface area contributed by atoms with Gasteiger partial charge in [-0.3, -0.25) is 4.79 Å². The average Bonchev–Trinajstić information content (AvgIpc) is 3.10. The number of carbonyl (C=O) groups is 1. The lowest BCUT2D eigenvalue weighted by atomic mass is 10.1. The summed E-state index contributed by atoms with van der Waals surface area (Å²) < 4.78 is 5.26. The fourth-order valence-electron chi connectivity index (χ4n) is 1.91. The lowest BCUT2D eigenvalue weighted by Gasteiger charge is -2.04. The molecule has 2 heterocycles. The van der Waals surface area contributed by atoms with Gasteiger partial charge in [-0.15, -0.1) is 11.3 Å². The molecule has 7 heteroatoms. The van der Waals surface area contributed by atoms with Gasteiger partial charge >= 0.3 is 0 Å². The molecule has 2 aromatic rings. The van der Waals surface area contributed by atoms with Crippen molar-refractivity contribution >= 4 is 17.2 Å². The minimum Gasteiger partial charge on any atom is -0.361 e. The van der Waals surface area contributed by atoms with Crippen molar-refractivity contribution in [2.24, 2.45) is 5.73 Å². The number of aromatic nitrogens is 2. The number of aryl methyl sites for hydroxylation is 2. The molecule has 6 nitrogen and oxygen atoms in total. The molecular formula is C13H18N4O2S. The van der Waals surface area contributed by atoms with Crippen LogP contribution in [0.15, 0.2) is 9.90 Å². The largest absolute Gasteiger partial charge is 0.361 e. The predicted octanol–water partition coefficient (Wildman–Crippen LogP) is 1.64. The van der Waals surface area contributed by atoms with Gasteiger partial charge < -0.3 is 15.6 Å². The van der Waals surface area contributed by atoms with Crippen molar-refractivity contribution in [3.63, 3.8) is 0 Å². The Hall–Kier alpha value is -1.73. The van der Waals surface area contributed by atoms with Gasteiger partial charge in [0.05, 0.1) is 5.69 Å². The maximum absolute atomic E-state index is 12.0. The van der Waals surface area contributed by atoms with Crippen LogP contribution < -0.4 is 11.1 Å². The SMILES string of the molecule is CCc1noc(CC)c1CNC(=O)c1csc(CN)n1. The summed E-state index contributed by atoms with van der Waals surface area (Å²) in [6.45, 7) is 4.77. The Balaban J connectivity index is 2.04. The molecule has 0 spiro atoms. The van der Waals surface area contributed by atoms with Gasteiger partial charge in [0, 0.05) is 30.5 Å². The molecule has 3 N–H and O–H groups in total. The van der Waals surface area contributed by atoms with Gasteiger partial charge in [0.1, 0.15) is 16.5 Å². The molecule has 0 radical (unpaired) electrons. The number of carbonyl (C=O) groups excluding carboxylic acids is 1. The molecule has 0 fully saturated rings. The summed E-state index contributed by atoms with van der Waals surface area (Å²) in [6, 6.07) is 0. The van der Waals surface area contributed by atoms with E-state index in [4.69, 9.17) is 10.3 Å². The zero-order valence-electron chi connectivity index (χ0n) is 11.6. The van der Waals surface area contributed by atoms with Crippen LogP contribution >= 0.6 is 11.3 Å². The molecule has 0 unspecified atom stereocenters. The van der Waals surface area contributed by atoms with E-state index in [0.29, 0.717) is 18.8 Å². The highest BCUT2D eigenvalue weighted by Gasteiger charge is 2.16. The Kier molecular flexibility index (Phi) is 4.86. The fraction of sp³-hybridized carbons (Fsp3) is 0.462. The molecule has 0 aliphatic rings. The van der Waals surface area contributed by atoms with E-state index in [-0.39, 0.29) is 5.91 Å². The van der Waals surface area contributed by atoms with Crippen LogP contribution in [0, 0.1) is 0 Å². The van der Waals surface area contributed by atoms with Crippen LogP contribution in [0.2, 0.25) is 0 Å². The van der Waals surface area contributed by atoms with Gasteiger partial charge in [0.15, 0.2) is 0 Å². The number of hydrogen-bond acceptors (Lipinski definition) is 6. The second-order valence-corrected chi connectivity index (χ2v) is 5.19. The van der Waals surface area contributed by atoms with Crippen LogP contribution in [-0.2, 0) is 25.9 Å². The Morgan fingerprint density at radius 3 is 2.85 bits per heavy atom. The van der Waals surface area contributed by atoms with E-state index in [1.807, 2.05) is 13.8 Å². The maximum Gasteiger partial charge on any atom is 0.271 e. The van der Waals surface area contributed by atoms with Crippen LogP contribution in [0.25, 0.3) is 0 Å². The van der Waals surface area contributed by atoms with E-state index in [9.17, 15) is 4.79 Å². The number of nitrogens with one attached hydrogen (secondary N) is 1. The molecule has 2 rings (SSSR count). The van der Waals surface area contributed by atoms with Gasteiger partial charge in [-0.05, 0) is 6.42 Å². The predicted molar refractivity (Wildman–Crippen MR) is 76.4 cm³/mol. The van der Waals surface area contributed by atoms with E-state index in [0.717, 1.165) is 34.9 Å². The van der Waals surface area contributed by atoms with Crippen molar-refractivity contribution < 1.29 is 9.32 Å². The van der Waals surface area contributed by atoms with Crippen LogP contribution in [0.4, 0.5) is 0 Å². The molecule has 0 aliphatic heterocycles. The first-order chi connectivity index (χ1) is 9.69. The Labute approximate surface area is 121 Å². The minimum absolute atomic E-state index is 0.203. The molecule has 0 saturated heterocycles. The highest BCUT2D eigenvalue weighted by atomic mass is 32.1. The van der Waals surface area contributed by atoms with Crippen LogP contribution in [0.3, 0.4) is 0 Å². The molecule has 0 aliphatic carbocycles. The van der Waals surface area contributed by atoms with Gasteiger partial charge in [-0.2, -0.15) is 0 Å². The average molecular weight is 294 g/mol. The first-order valence-electron chi connectivity index (χ1n) is 6.58. The third-order valence-electron chi connectivity index (χ3n) is 2.99. The Bertz CT molecular complexity index is 569. The molecule has 1 amide bonds. The van der Waals surface area contributed by atoms with Crippen LogP contribution in [0.5, 0.6) is 0 Å². The summed E-state index contributed by atoms with van der Waals surface area (Å²) in [6.07, 6.45) is 1.54. The van der Waals surface area contributed by atoms with E-state index in [1.54, 1.807) is 5.38 Å². The normalized spacial score (nSPS) is 10.8. The smallest absolute Gasteiger partial charge is 0.271 e. The van der Waals surface area contributed by atoms with Gasteiger partial charge in [-0.25, -0.2) is 4.98 Å². The lowest BCUT2D eigenvalue weighted by molar-refractivity contribution is 0.0946. The molecule has 108 valence electrons. The molecule has 0 aromatic carbocycles. The lowest BCUT2D eigenvalue weighted by Crippen LogP contribution is -2.24. The number of amides is 1. The topological polar surface area (TPSA) is 94.0 Å². The zero-order chi connectivity index (χ0) is 14.5. The second-order valence-electron chi connectivity index (χ2n) is 4.25. The number of thiazole rings is 1. The molecule has 20 heavy (non-hydrogen) atoms. The highest BCUT2D eigenvalue weighted by Crippen LogP contribution is 2.16. The Morgan fingerprint density at radius 1 is 1.45 bits per heavy atom. The molecule has 2 aromatic heterocycles. The van der Waals surface area contributed by atoms with Crippen LogP contribution in [-0.4, -0.2) is 16.0 Å².